The first-order valence-electron chi connectivity index (χ1n) is 6.80. The van der Waals surface area contributed by atoms with Gasteiger partial charge in [0.05, 0.1) is 12.2 Å². The van der Waals surface area contributed by atoms with Crippen molar-refractivity contribution in [3.05, 3.63) is 29.6 Å². The minimum atomic E-state index is 0.580. The van der Waals surface area contributed by atoms with E-state index in [1.54, 1.807) is 18.1 Å². The third-order valence-electron chi connectivity index (χ3n) is 1.70. The van der Waals surface area contributed by atoms with Gasteiger partial charge < -0.3 is 4.90 Å². The van der Waals surface area contributed by atoms with Gasteiger partial charge in [-0.25, -0.2) is 0 Å². The lowest BCUT2D eigenvalue weighted by molar-refractivity contribution is -0.117. The lowest BCUT2D eigenvalue weighted by atomic mass is 10.2. The molecule has 106 valence electrons. The topological polar surface area (TPSA) is 33.2 Å². The van der Waals surface area contributed by atoms with E-state index >= 15 is 0 Å². The molecule has 0 saturated heterocycles. The fraction of sp³-hybridized carbons (Fsp3) is 0.600. The minimum Gasteiger partial charge on any atom is -0.342 e. The molecular formula is C15H30N2O. The van der Waals surface area contributed by atoms with E-state index in [9.17, 15) is 4.79 Å². The van der Waals surface area contributed by atoms with E-state index in [2.05, 4.69) is 4.98 Å². The molecule has 0 aliphatic heterocycles. The lowest BCUT2D eigenvalue weighted by Gasteiger charge is -2.10. The van der Waals surface area contributed by atoms with Crippen molar-refractivity contribution in [3.8, 4) is 0 Å². The predicted octanol–water partition coefficient (Wildman–Crippen LogP) is 4.06. The van der Waals surface area contributed by atoms with Crippen LogP contribution in [0.5, 0.6) is 0 Å². The molecule has 0 atom stereocenters. The summed E-state index contributed by atoms with van der Waals surface area (Å²) in [6.07, 6.45) is 2.54. The SMILES string of the molecule is CC.CC.CC.Cc1cccnc1CN(C)C=O. The predicted molar refractivity (Wildman–Crippen MR) is 80.5 cm³/mol. The normalized spacial score (nSPS) is 7.33. The van der Waals surface area contributed by atoms with Crippen LogP contribution in [-0.4, -0.2) is 23.3 Å². The van der Waals surface area contributed by atoms with E-state index in [0.717, 1.165) is 17.7 Å². The summed E-state index contributed by atoms with van der Waals surface area (Å²) in [6, 6.07) is 3.88. The molecule has 0 N–H and O–H groups in total. The Morgan fingerprint density at radius 3 is 2.06 bits per heavy atom. The van der Waals surface area contributed by atoms with Gasteiger partial charge in [0.25, 0.3) is 0 Å². The Labute approximate surface area is 113 Å². The van der Waals surface area contributed by atoms with Gasteiger partial charge in [0.15, 0.2) is 0 Å². The second-order valence-electron chi connectivity index (χ2n) is 2.79. The third-order valence-corrected chi connectivity index (χ3v) is 1.70. The van der Waals surface area contributed by atoms with Crippen molar-refractivity contribution in [2.45, 2.75) is 55.0 Å². The zero-order valence-corrected chi connectivity index (χ0v) is 13.3. The maximum Gasteiger partial charge on any atom is 0.209 e. The summed E-state index contributed by atoms with van der Waals surface area (Å²) in [4.78, 5) is 16.0. The zero-order valence-electron chi connectivity index (χ0n) is 13.3. The van der Waals surface area contributed by atoms with Crippen LogP contribution < -0.4 is 0 Å². The van der Waals surface area contributed by atoms with Crippen molar-refractivity contribution in [1.29, 1.82) is 0 Å². The number of aryl methyl sites for hydroxylation is 1. The molecule has 0 aromatic carbocycles. The molecule has 1 amide bonds. The maximum atomic E-state index is 10.3. The van der Waals surface area contributed by atoms with Gasteiger partial charge in [0.1, 0.15) is 0 Å². The number of aromatic nitrogens is 1. The summed E-state index contributed by atoms with van der Waals surface area (Å²) >= 11 is 0. The summed E-state index contributed by atoms with van der Waals surface area (Å²) in [5.41, 5.74) is 2.07. The molecular weight excluding hydrogens is 224 g/mol. The van der Waals surface area contributed by atoms with Crippen molar-refractivity contribution in [1.82, 2.24) is 9.88 Å². The van der Waals surface area contributed by atoms with E-state index in [-0.39, 0.29) is 0 Å². The summed E-state index contributed by atoms with van der Waals surface area (Å²) in [5.74, 6) is 0. The van der Waals surface area contributed by atoms with Crippen LogP contribution in [0, 0.1) is 6.92 Å². The van der Waals surface area contributed by atoms with E-state index in [4.69, 9.17) is 0 Å². The Bertz CT molecular complexity index is 275. The summed E-state index contributed by atoms with van der Waals surface area (Å²) in [7, 11) is 1.74. The fourth-order valence-electron chi connectivity index (χ4n) is 0.957. The molecule has 3 heteroatoms. The number of pyridine rings is 1. The monoisotopic (exact) mass is 254 g/mol. The average Bonchev–Trinajstić information content (AvgIpc) is 2.47. The number of hydrogen-bond donors (Lipinski definition) is 0. The van der Waals surface area contributed by atoms with Crippen LogP contribution in [0.4, 0.5) is 0 Å². The first kappa shape index (κ1) is 21.9. The minimum absolute atomic E-state index is 0.580. The van der Waals surface area contributed by atoms with Crippen molar-refractivity contribution in [2.24, 2.45) is 0 Å². The van der Waals surface area contributed by atoms with E-state index in [1.807, 2.05) is 60.6 Å². The number of hydrogen-bond acceptors (Lipinski definition) is 2. The quantitative estimate of drug-likeness (QED) is 0.762. The van der Waals surface area contributed by atoms with Crippen LogP contribution in [0.1, 0.15) is 52.8 Å². The Hall–Kier alpha value is -1.38. The number of amides is 1. The molecule has 0 aliphatic carbocycles. The van der Waals surface area contributed by atoms with Gasteiger partial charge in [-0.3, -0.25) is 9.78 Å². The van der Waals surface area contributed by atoms with E-state index in [0.29, 0.717) is 6.54 Å². The second kappa shape index (κ2) is 18.0. The molecule has 0 unspecified atom stereocenters. The van der Waals surface area contributed by atoms with Gasteiger partial charge in [0, 0.05) is 13.2 Å². The van der Waals surface area contributed by atoms with Gasteiger partial charge >= 0.3 is 0 Å². The standard InChI is InChI=1S/C9H12N2O.3C2H6/c1-8-4-3-5-10-9(8)6-11(2)7-12;3*1-2/h3-5,7H,6H2,1-2H3;3*1-2H3. The van der Waals surface area contributed by atoms with Gasteiger partial charge in [-0.2, -0.15) is 0 Å². The largest absolute Gasteiger partial charge is 0.342 e. The first-order chi connectivity index (χ1) is 8.74. The molecule has 1 rings (SSSR count). The molecule has 18 heavy (non-hydrogen) atoms. The molecule has 0 spiro atoms. The maximum absolute atomic E-state index is 10.3. The van der Waals surface area contributed by atoms with Crippen molar-refractivity contribution < 1.29 is 4.79 Å². The van der Waals surface area contributed by atoms with Gasteiger partial charge in [-0.05, 0) is 18.6 Å². The molecule has 1 aromatic heterocycles. The van der Waals surface area contributed by atoms with Crippen LogP contribution in [-0.2, 0) is 11.3 Å². The molecule has 1 heterocycles. The zero-order chi connectivity index (χ0) is 15.0. The van der Waals surface area contributed by atoms with Gasteiger partial charge in [0.2, 0.25) is 6.41 Å². The summed E-state index contributed by atoms with van der Waals surface area (Å²) < 4.78 is 0. The van der Waals surface area contributed by atoms with Crippen molar-refractivity contribution >= 4 is 6.41 Å². The molecule has 0 aliphatic rings. The Morgan fingerprint density at radius 2 is 1.67 bits per heavy atom. The van der Waals surface area contributed by atoms with Crippen LogP contribution in [0.2, 0.25) is 0 Å². The van der Waals surface area contributed by atoms with E-state index in [1.165, 1.54) is 0 Å². The second-order valence-corrected chi connectivity index (χ2v) is 2.79. The number of carbonyl (C=O) groups is 1. The van der Waals surface area contributed by atoms with Crippen LogP contribution >= 0.6 is 0 Å². The van der Waals surface area contributed by atoms with Crippen molar-refractivity contribution in [3.63, 3.8) is 0 Å². The van der Waals surface area contributed by atoms with Crippen molar-refractivity contribution in [2.75, 3.05) is 7.05 Å². The molecule has 1 aromatic rings. The average molecular weight is 254 g/mol. The Kier molecular flexibility index (Phi) is 21.9. The van der Waals surface area contributed by atoms with Gasteiger partial charge in [-0.15, -0.1) is 0 Å². The van der Waals surface area contributed by atoms with E-state index < -0.39 is 0 Å². The highest BCUT2D eigenvalue weighted by atomic mass is 16.1. The van der Waals surface area contributed by atoms with Crippen LogP contribution in [0.25, 0.3) is 0 Å². The summed E-state index contributed by atoms with van der Waals surface area (Å²) in [5, 5.41) is 0. The molecule has 0 radical (unpaired) electrons. The highest BCUT2D eigenvalue weighted by Gasteiger charge is 2.00. The third kappa shape index (κ3) is 11.1. The molecule has 3 nitrogen and oxygen atoms in total. The van der Waals surface area contributed by atoms with Gasteiger partial charge in [-0.1, -0.05) is 47.6 Å². The molecule has 0 bridgehead atoms. The lowest BCUT2D eigenvalue weighted by Crippen LogP contribution is -2.16. The highest BCUT2D eigenvalue weighted by molar-refractivity contribution is 5.46. The van der Waals surface area contributed by atoms with Crippen LogP contribution in [0.3, 0.4) is 0 Å². The number of carbonyl (C=O) groups excluding carboxylic acids is 1. The summed E-state index contributed by atoms with van der Waals surface area (Å²) in [6.45, 7) is 14.6. The number of nitrogens with zero attached hydrogens (tertiary/aromatic N) is 2. The fourth-order valence-corrected chi connectivity index (χ4v) is 0.957. The Morgan fingerprint density at radius 1 is 1.17 bits per heavy atom. The van der Waals surface area contributed by atoms with Crippen LogP contribution in [0.15, 0.2) is 18.3 Å². The smallest absolute Gasteiger partial charge is 0.209 e. The highest BCUT2D eigenvalue weighted by Crippen LogP contribution is 2.04. The number of rotatable bonds is 3. The Balaban J connectivity index is -0.000000328. The molecule has 0 saturated carbocycles. The first-order valence-corrected chi connectivity index (χ1v) is 6.80. The molecule has 0 fully saturated rings.